The molecule has 0 aliphatic carbocycles. The van der Waals surface area contributed by atoms with Gasteiger partial charge in [-0.25, -0.2) is 9.78 Å². The quantitative estimate of drug-likeness (QED) is 0.413. The van der Waals surface area contributed by atoms with Crippen molar-refractivity contribution in [1.82, 2.24) is 14.5 Å². The number of carbonyl (C=O) groups is 1. The molecule has 0 spiro atoms. The summed E-state index contributed by atoms with van der Waals surface area (Å²) in [6, 6.07) is 9.70. The summed E-state index contributed by atoms with van der Waals surface area (Å²) in [5.41, 5.74) is 1.85. The van der Waals surface area contributed by atoms with Gasteiger partial charge in [0.15, 0.2) is 5.58 Å². The minimum absolute atomic E-state index is 0.00596. The van der Waals surface area contributed by atoms with E-state index in [1.165, 1.54) is 28.0 Å². The summed E-state index contributed by atoms with van der Waals surface area (Å²) in [4.78, 5) is 31.0. The highest BCUT2D eigenvalue weighted by atomic mass is 32.1. The number of benzene rings is 2. The van der Waals surface area contributed by atoms with E-state index in [1.807, 2.05) is 19.0 Å². The molecule has 0 saturated carbocycles. The van der Waals surface area contributed by atoms with Crippen molar-refractivity contribution in [3.8, 4) is 10.6 Å². The topological polar surface area (TPSA) is 80.4 Å². The van der Waals surface area contributed by atoms with Crippen molar-refractivity contribution in [2.45, 2.75) is 19.1 Å². The van der Waals surface area contributed by atoms with Crippen molar-refractivity contribution in [3.63, 3.8) is 0 Å². The Morgan fingerprint density at radius 2 is 1.91 bits per heavy atom. The monoisotopic (exact) mass is 490 g/mol. The lowest BCUT2D eigenvalue weighted by atomic mass is 10.1. The van der Waals surface area contributed by atoms with Crippen LogP contribution in [0.15, 0.2) is 57.1 Å². The number of hydrogen-bond donors (Lipinski definition) is 1. The number of nitrogens with one attached hydrogen (secondary N) is 1. The SMILES string of the molecule is CN(C)CCn1c(=O)oc2ccc(NC(=O)Cc3csc(-c4ccc(C(F)(F)F)cc4)n3)cc21. The Bertz CT molecular complexity index is 1370. The normalized spacial score (nSPS) is 11.9. The van der Waals surface area contributed by atoms with Crippen LogP contribution in [0.1, 0.15) is 11.3 Å². The summed E-state index contributed by atoms with van der Waals surface area (Å²) in [5, 5.41) is 5.02. The molecule has 0 aliphatic rings. The van der Waals surface area contributed by atoms with Crippen LogP contribution in [0.4, 0.5) is 18.9 Å². The molecule has 7 nitrogen and oxygen atoms in total. The summed E-state index contributed by atoms with van der Waals surface area (Å²) in [6.07, 6.45) is -4.40. The smallest absolute Gasteiger partial charge is 0.408 e. The summed E-state index contributed by atoms with van der Waals surface area (Å²) < 4.78 is 45.0. The fourth-order valence-corrected chi connectivity index (χ4v) is 4.17. The van der Waals surface area contributed by atoms with Crippen LogP contribution in [0.25, 0.3) is 21.7 Å². The van der Waals surface area contributed by atoms with Gasteiger partial charge >= 0.3 is 11.9 Å². The maximum atomic E-state index is 12.7. The molecule has 0 aliphatic heterocycles. The Balaban J connectivity index is 1.44. The van der Waals surface area contributed by atoms with E-state index in [4.69, 9.17) is 4.42 Å². The van der Waals surface area contributed by atoms with Crippen molar-refractivity contribution in [1.29, 1.82) is 0 Å². The lowest BCUT2D eigenvalue weighted by Crippen LogP contribution is -2.23. The molecule has 1 N–H and O–H groups in total. The molecule has 0 atom stereocenters. The van der Waals surface area contributed by atoms with Crippen molar-refractivity contribution >= 4 is 34.0 Å². The highest BCUT2D eigenvalue weighted by Gasteiger charge is 2.30. The van der Waals surface area contributed by atoms with Gasteiger partial charge in [-0.2, -0.15) is 13.2 Å². The Labute approximate surface area is 196 Å². The van der Waals surface area contributed by atoms with Crippen LogP contribution in [-0.2, 0) is 23.9 Å². The van der Waals surface area contributed by atoms with Gasteiger partial charge in [0.2, 0.25) is 5.91 Å². The molecular formula is C23H21F3N4O3S. The zero-order valence-electron chi connectivity index (χ0n) is 18.3. The molecule has 2 aromatic carbocycles. The molecule has 2 heterocycles. The van der Waals surface area contributed by atoms with E-state index in [0.29, 0.717) is 46.1 Å². The molecular weight excluding hydrogens is 469 g/mol. The number of thiazole rings is 1. The van der Waals surface area contributed by atoms with Gasteiger partial charge in [0.1, 0.15) is 5.01 Å². The molecule has 2 aromatic heterocycles. The van der Waals surface area contributed by atoms with E-state index in [9.17, 15) is 22.8 Å². The second-order valence-electron chi connectivity index (χ2n) is 7.95. The molecule has 0 fully saturated rings. The van der Waals surface area contributed by atoms with Gasteiger partial charge in [-0.1, -0.05) is 12.1 Å². The third-order valence-electron chi connectivity index (χ3n) is 5.07. The highest BCUT2D eigenvalue weighted by molar-refractivity contribution is 7.13. The number of alkyl halides is 3. The average Bonchev–Trinajstić information content (AvgIpc) is 3.35. The summed E-state index contributed by atoms with van der Waals surface area (Å²) in [6.45, 7) is 1.10. The number of likely N-dealkylation sites (N-methyl/N-ethyl adjacent to an activating group) is 1. The van der Waals surface area contributed by atoms with E-state index in [-0.39, 0.29) is 12.3 Å². The first-order chi connectivity index (χ1) is 16.1. The molecule has 0 unspecified atom stereocenters. The van der Waals surface area contributed by atoms with E-state index in [2.05, 4.69) is 10.3 Å². The zero-order valence-corrected chi connectivity index (χ0v) is 19.2. The van der Waals surface area contributed by atoms with Crippen LogP contribution in [0.5, 0.6) is 0 Å². The Morgan fingerprint density at radius 1 is 1.18 bits per heavy atom. The van der Waals surface area contributed by atoms with E-state index >= 15 is 0 Å². The minimum Gasteiger partial charge on any atom is -0.408 e. The third kappa shape index (κ3) is 5.37. The molecule has 34 heavy (non-hydrogen) atoms. The fourth-order valence-electron chi connectivity index (χ4n) is 3.34. The first-order valence-corrected chi connectivity index (χ1v) is 11.2. The summed E-state index contributed by atoms with van der Waals surface area (Å²) >= 11 is 1.25. The maximum absolute atomic E-state index is 12.7. The lowest BCUT2D eigenvalue weighted by Gasteiger charge is -2.10. The van der Waals surface area contributed by atoms with Gasteiger partial charge < -0.3 is 14.6 Å². The van der Waals surface area contributed by atoms with Gasteiger partial charge in [-0.3, -0.25) is 9.36 Å². The standard InChI is InChI=1S/C23H21F3N4O3S/c1-29(2)9-10-30-18-11-16(7-8-19(18)33-22(30)32)27-20(31)12-17-13-34-21(28-17)14-3-5-15(6-4-14)23(24,25)26/h3-8,11,13H,9-10,12H2,1-2H3,(H,27,31). The zero-order chi connectivity index (χ0) is 24.5. The molecule has 178 valence electrons. The fraction of sp³-hybridized carbons (Fsp3) is 0.261. The summed E-state index contributed by atoms with van der Waals surface area (Å²) in [7, 11) is 3.81. The molecule has 11 heteroatoms. The predicted molar refractivity (Wildman–Crippen MR) is 124 cm³/mol. The van der Waals surface area contributed by atoms with Crippen LogP contribution in [0.2, 0.25) is 0 Å². The summed E-state index contributed by atoms with van der Waals surface area (Å²) in [5.74, 6) is -0.770. The van der Waals surface area contributed by atoms with Crippen LogP contribution in [-0.4, -0.2) is 41.0 Å². The minimum atomic E-state index is -4.40. The van der Waals surface area contributed by atoms with E-state index in [0.717, 1.165) is 12.1 Å². The first kappa shape index (κ1) is 23.7. The molecule has 4 rings (SSSR count). The predicted octanol–water partition coefficient (Wildman–Crippen LogP) is 4.48. The molecule has 0 radical (unpaired) electrons. The van der Waals surface area contributed by atoms with E-state index < -0.39 is 17.5 Å². The van der Waals surface area contributed by atoms with Gasteiger partial charge in [0, 0.05) is 29.7 Å². The van der Waals surface area contributed by atoms with Crippen LogP contribution in [0.3, 0.4) is 0 Å². The Morgan fingerprint density at radius 3 is 2.59 bits per heavy atom. The van der Waals surface area contributed by atoms with Gasteiger partial charge in [-0.15, -0.1) is 11.3 Å². The van der Waals surface area contributed by atoms with Gasteiger partial charge in [-0.05, 0) is 44.4 Å². The number of amides is 1. The lowest BCUT2D eigenvalue weighted by molar-refractivity contribution is -0.137. The number of aromatic nitrogens is 2. The van der Waals surface area contributed by atoms with E-state index in [1.54, 1.807) is 23.6 Å². The van der Waals surface area contributed by atoms with Gasteiger partial charge in [0.25, 0.3) is 0 Å². The van der Waals surface area contributed by atoms with Crippen LogP contribution >= 0.6 is 11.3 Å². The maximum Gasteiger partial charge on any atom is 0.419 e. The highest BCUT2D eigenvalue weighted by Crippen LogP contribution is 2.32. The molecule has 0 saturated heterocycles. The first-order valence-electron chi connectivity index (χ1n) is 10.3. The van der Waals surface area contributed by atoms with Crippen molar-refractivity contribution in [2.75, 3.05) is 26.0 Å². The number of rotatable bonds is 7. The van der Waals surface area contributed by atoms with Crippen LogP contribution < -0.4 is 11.1 Å². The molecule has 1 amide bonds. The number of carbonyl (C=O) groups excluding carboxylic acids is 1. The average molecular weight is 491 g/mol. The number of halogens is 3. The van der Waals surface area contributed by atoms with Crippen molar-refractivity contribution < 1.29 is 22.4 Å². The number of nitrogens with zero attached hydrogens (tertiary/aromatic N) is 3. The molecule has 0 bridgehead atoms. The van der Waals surface area contributed by atoms with Crippen molar-refractivity contribution in [2.24, 2.45) is 0 Å². The second-order valence-corrected chi connectivity index (χ2v) is 8.81. The number of fused-ring (bicyclic) bond motifs is 1. The third-order valence-corrected chi connectivity index (χ3v) is 6.01. The second kappa shape index (κ2) is 9.43. The van der Waals surface area contributed by atoms with Crippen molar-refractivity contribution in [3.05, 3.63) is 69.7 Å². The van der Waals surface area contributed by atoms with Gasteiger partial charge in [0.05, 0.1) is 23.2 Å². The number of anilines is 1. The largest absolute Gasteiger partial charge is 0.419 e. The molecule has 4 aromatic rings. The number of hydrogen-bond acceptors (Lipinski definition) is 6. The Hall–Kier alpha value is -3.44. The Kier molecular flexibility index (Phi) is 6.58. The van der Waals surface area contributed by atoms with Crippen LogP contribution in [0, 0.1) is 0 Å². The number of oxazole rings is 1.